The Morgan fingerprint density at radius 1 is 1.25 bits per heavy atom. The standard InChI is InChI=1S/C30H44BFO8/c1-18-9-11-30(12-10-19(2)33)16-29(18,5)23(13-28(4,17-37-6)27(35)20(30)3)40-24(34)15-38-22-8-7-21-14-39-31(36)25(21)26(22)32/h7-8,18,20,23,27,35-36H,9-17H2,1-6H3/t18-,20+,23-,27+,28+,29+,30-/m1/s1. The summed E-state index contributed by atoms with van der Waals surface area (Å²) in [7, 11) is 0.226. The molecule has 40 heavy (non-hydrogen) atoms. The minimum absolute atomic E-state index is 0.0229. The van der Waals surface area contributed by atoms with Crippen LogP contribution < -0.4 is 10.2 Å². The van der Waals surface area contributed by atoms with Gasteiger partial charge < -0.3 is 33.8 Å². The van der Waals surface area contributed by atoms with Crippen LogP contribution in [0.1, 0.15) is 78.7 Å². The maximum Gasteiger partial charge on any atom is 0.494 e. The first-order valence-electron chi connectivity index (χ1n) is 14.4. The van der Waals surface area contributed by atoms with Gasteiger partial charge in [-0.05, 0) is 67.9 Å². The fourth-order valence-electron chi connectivity index (χ4n) is 7.61. The summed E-state index contributed by atoms with van der Waals surface area (Å²) in [4.78, 5) is 25.3. The number of benzene rings is 1. The van der Waals surface area contributed by atoms with Crippen molar-refractivity contribution in [2.45, 2.75) is 92.0 Å². The van der Waals surface area contributed by atoms with Crippen LogP contribution in [0.15, 0.2) is 12.1 Å². The topological polar surface area (TPSA) is 112 Å². The largest absolute Gasteiger partial charge is 0.494 e. The van der Waals surface area contributed by atoms with Gasteiger partial charge in [0, 0.05) is 29.8 Å². The highest BCUT2D eigenvalue weighted by atomic mass is 19.1. The lowest BCUT2D eigenvalue weighted by Crippen LogP contribution is -2.59. The van der Waals surface area contributed by atoms with Crippen molar-refractivity contribution >= 4 is 24.3 Å². The first kappa shape index (κ1) is 30.9. The molecule has 8 nitrogen and oxygen atoms in total. The highest BCUT2D eigenvalue weighted by Gasteiger charge is 2.59. The number of ether oxygens (including phenoxy) is 3. The second-order valence-corrected chi connectivity index (χ2v) is 13.1. The second-order valence-electron chi connectivity index (χ2n) is 13.1. The van der Waals surface area contributed by atoms with Gasteiger partial charge in [-0.1, -0.05) is 33.8 Å². The van der Waals surface area contributed by atoms with Crippen LogP contribution in [-0.4, -0.2) is 61.5 Å². The number of aliphatic hydroxyl groups excluding tert-OH is 1. The van der Waals surface area contributed by atoms with Crippen molar-refractivity contribution in [3.05, 3.63) is 23.5 Å². The lowest BCUT2D eigenvalue weighted by atomic mass is 9.47. The van der Waals surface area contributed by atoms with Crippen molar-refractivity contribution in [2.24, 2.45) is 28.1 Å². The molecule has 1 aromatic carbocycles. The van der Waals surface area contributed by atoms with Crippen LogP contribution in [0.2, 0.25) is 0 Å². The van der Waals surface area contributed by atoms with Crippen molar-refractivity contribution < 1.29 is 43.0 Å². The summed E-state index contributed by atoms with van der Waals surface area (Å²) < 4.78 is 37.3. The molecule has 0 saturated heterocycles. The highest BCUT2D eigenvalue weighted by molar-refractivity contribution is 6.61. The minimum Gasteiger partial charge on any atom is -0.479 e. The van der Waals surface area contributed by atoms with Gasteiger partial charge >= 0.3 is 13.1 Å². The van der Waals surface area contributed by atoms with E-state index in [1.165, 1.54) is 6.07 Å². The van der Waals surface area contributed by atoms with Crippen LogP contribution in [0.5, 0.6) is 5.75 Å². The molecule has 0 aromatic heterocycles. The van der Waals surface area contributed by atoms with E-state index in [9.17, 15) is 24.1 Å². The van der Waals surface area contributed by atoms with Gasteiger partial charge in [-0.2, -0.15) is 0 Å². The zero-order valence-electron chi connectivity index (χ0n) is 24.6. The molecule has 7 atom stereocenters. The van der Waals surface area contributed by atoms with Crippen LogP contribution in [0.4, 0.5) is 4.39 Å². The van der Waals surface area contributed by atoms with Crippen LogP contribution in [0, 0.1) is 33.9 Å². The minimum atomic E-state index is -1.37. The van der Waals surface area contributed by atoms with Gasteiger partial charge in [0.1, 0.15) is 11.9 Å². The zero-order chi connectivity index (χ0) is 29.5. The molecule has 2 bridgehead atoms. The highest BCUT2D eigenvalue weighted by Crippen LogP contribution is 2.61. The number of ketones is 1. The molecule has 0 unspecified atom stereocenters. The lowest BCUT2D eigenvalue weighted by Gasteiger charge is -2.60. The number of Topliss-reactive ketones (excluding diaryl/α,β-unsaturated/α-hetero) is 1. The SMILES string of the molecule is COC[C@]1(C)C[C@@H](OC(=O)COc2ccc3c(c2F)B(O)OC3)[C@@]2(C)C[C@](CCC(C)=O)(CC[C@H]2C)[C@@H](C)[C@@H]1O. The maximum atomic E-state index is 15.0. The van der Waals surface area contributed by atoms with Gasteiger partial charge in [-0.15, -0.1) is 0 Å². The molecule has 0 radical (unpaired) electrons. The van der Waals surface area contributed by atoms with Crippen LogP contribution in [0.3, 0.4) is 0 Å². The number of aliphatic hydroxyl groups is 1. The Morgan fingerprint density at radius 3 is 2.65 bits per heavy atom. The van der Waals surface area contributed by atoms with E-state index in [0.29, 0.717) is 31.2 Å². The van der Waals surface area contributed by atoms with Crippen molar-refractivity contribution in [3.8, 4) is 5.75 Å². The Bertz CT molecular complexity index is 1120. The number of carbonyl (C=O) groups excluding carboxylic acids is 2. The number of methoxy groups -OCH3 is 1. The first-order chi connectivity index (χ1) is 18.8. The molecule has 222 valence electrons. The number of halogens is 1. The fourth-order valence-corrected chi connectivity index (χ4v) is 7.61. The summed E-state index contributed by atoms with van der Waals surface area (Å²) in [5.41, 5.74) is -0.863. The molecule has 1 heterocycles. The third-order valence-electron chi connectivity index (χ3n) is 10.4. The molecule has 2 N–H and O–H groups in total. The van der Waals surface area contributed by atoms with Gasteiger partial charge in [-0.3, -0.25) is 0 Å². The van der Waals surface area contributed by atoms with Crippen LogP contribution in [0.25, 0.3) is 0 Å². The number of hydrogen-bond donors (Lipinski definition) is 2. The number of esters is 1. The molecular weight excluding hydrogens is 518 g/mol. The molecule has 4 rings (SSSR count). The normalized spacial score (nSPS) is 35.5. The molecule has 1 aliphatic heterocycles. The molecule has 0 amide bonds. The number of carbonyl (C=O) groups is 2. The summed E-state index contributed by atoms with van der Waals surface area (Å²) in [6.45, 7) is 9.85. The quantitative estimate of drug-likeness (QED) is 0.347. The molecular formula is C30H44BFO8. The maximum absolute atomic E-state index is 15.0. The van der Waals surface area contributed by atoms with E-state index in [2.05, 4.69) is 20.8 Å². The smallest absolute Gasteiger partial charge is 0.479 e. The molecule has 2 aliphatic carbocycles. The average Bonchev–Trinajstić information content (AvgIpc) is 3.28. The van der Waals surface area contributed by atoms with Crippen molar-refractivity contribution in [1.29, 1.82) is 0 Å². The van der Waals surface area contributed by atoms with Gasteiger partial charge in [-0.25, -0.2) is 9.18 Å². The predicted octanol–water partition coefficient (Wildman–Crippen LogP) is 3.57. The van der Waals surface area contributed by atoms with E-state index in [0.717, 1.165) is 12.8 Å². The van der Waals surface area contributed by atoms with E-state index in [-0.39, 0.29) is 47.5 Å². The lowest BCUT2D eigenvalue weighted by molar-refractivity contribution is -0.201. The first-order valence-corrected chi connectivity index (χ1v) is 14.4. The van der Waals surface area contributed by atoms with Crippen molar-refractivity contribution in [2.75, 3.05) is 20.3 Å². The molecule has 2 fully saturated rings. The monoisotopic (exact) mass is 562 g/mol. The van der Waals surface area contributed by atoms with Gasteiger partial charge in [0.15, 0.2) is 18.2 Å². The summed E-state index contributed by atoms with van der Waals surface area (Å²) >= 11 is 0. The van der Waals surface area contributed by atoms with Gasteiger partial charge in [0.25, 0.3) is 0 Å². The van der Waals surface area contributed by atoms with Crippen molar-refractivity contribution in [3.63, 3.8) is 0 Å². The Kier molecular flexibility index (Phi) is 9.05. The van der Waals surface area contributed by atoms with E-state index >= 15 is 0 Å². The third-order valence-corrected chi connectivity index (χ3v) is 10.4. The van der Waals surface area contributed by atoms with E-state index in [4.69, 9.17) is 18.9 Å². The fraction of sp³-hybridized carbons (Fsp3) is 0.733. The van der Waals surface area contributed by atoms with Crippen LogP contribution >= 0.6 is 0 Å². The summed E-state index contributed by atoms with van der Waals surface area (Å²) in [6.07, 6.45) is 2.69. The molecule has 3 aliphatic rings. The number of hydrogen-bond acceptors (Lipinski definition) is 8. The molecule has 0 spiro atoms. The Balaban J connectivity index is 1.60. The van der Waals surface area contributed by atoms with Crippen molar-refractivity contribution in [1.82, 2.24) is 0 Å². The predicted molar refractivity (Wildman–Crippen MR) is 147 cm³/mol. The van der Waals surface area contributed by atoms with E-state index < -0.39 is 48.5 Å². The number of fused-ring (bicyclic) bond motifs is 3. The molecule has 1 aromatic rings. The Morgan fingerprint density at radius 2 is 1.98 bits per heavy atom. The van der Waals surface area contributed by atoms with Gasteiger partial charge in [0.2, 0.25) is 0 Å². The summed E-state index contributed by atoms with van der Waals surface area (Å²) in [6, 6.07) is 3.02. The molecule has 2 saturated carbocycles. The second kappa shape index (κ2) is 11.7. The summed E-state index contributed by atoms with van der Waals surface area (Å²) in [5, 5.41) is 21.7. The van der Waals surface area contributed by atoms with Gasteiger partial charge in [0.05, 0.1) is 19.3 Å². The average molecular weight is 562 g/mol. The number of rotatable bonds is 9. The van der Waals surface area contributed by atoms with E-state index in [1.807, 2.05) is 6.92 Å². The summed E-state index contributed by atoms with van der Waals surface area (Å²) in [5.74, 6) is -1.29. The van der Waals surface area contributed by atoms with E-state index in [1.54, 1.807) is 20.1 Å². The zero-order valence-corrected chi connectivity index (χ0v) is 24.6. The van der Waals surface area contributed by atoms with Crippen LogP contribution in [-0.2, 0) is 30.3 Å². The third kappa shape index (κ3) is 5.69. The Hall–Kier alpha value is -2.01. The Labute approximate surface area is 237 Å². The molecule has 10 heteroatoms.